The summed E-state index contributed by atoms with van der Waals surface area (Å²) in [6.45, 7) is 8.11. The van der Waals surface area contributed by atoms with Crippen LogP contribution in [-0.4, -0.2) is 51.5 Å². The molecule has 3 aromatic heterocycles. The molecule has 1 amide bonds. The normalized spacial score (nSPS) is 11.8. The number of anilines is 1. The van der Waals surface area contributed by atoms with Gasteiger partial charge in [0.25, 0.3) is 11.5 Å². The van der Waals surface area contributed by atoms with Gasteiger partial charge in [-0.25, -0.2) is 13.4 Å². The fourth-order valence-electron chi connectivity index (χ4n) is 3.71. The van der Waals surface area contributed by atoms with Gasteiger partial charge in [0.1, 0.15) is 11.5 Å². The van der Waals surface area contributed by atoms with Crippen LogP contribution < -0.4 is 10.9 Å². The molecule has 12 heteroatoms. The Labute approximate surface area is 219 Å². The minimum Gasteiger partial charge on any atom is -0.306 e. The van der Waals surface area contributed by atoms with Gasteiger partial charge in [-0.05, 0) is 41.6 Å². The van der Waals surface area contributed by atoms with E-state index in [0.29, 0.717) is 30.3 Å². The first kappa shape index (κ1) is 26.5. The first-order chi connectivity index (χ1) is 17.6. The van der Waals surface area contributed by atoms with Crippen LogP contribution in [0, 0.1) is 0 Å². The number of rotatable bonds is 9. The largest absolute Gasteiger partial charge is 0.306 e. The predicted molar refractivity (Wildman–Crippen MR) is 144 cm³/mol. The Hall–Kier alpha value is -3.61. The maximum Gasteiger partial charge on any atom is 0.256 e. The van der Waals surface area contributed by atoms with Crippen molar-refractivity contribution in [2.75, 3.05) is 18.4 Å². The first-order valence-corrected chi connectivity index (χ1v) is 14.1. The molecule has 0 unspecified atom stereocenters. The van der Waals surface area contributed by atoms with Crippen molar-refractivity contribution in [3.8, 4) is 16.5 Å². The maximum absolute atomic E-state index is 13.1. The Kier molecular flexibility index (Phi) is 7.71. The maximum atomic E-state index is 13.1. The zero-order valence-corrected chi connectivity index (χ0v) is 22.6. The zero-order valence-electron chi connectivity index (χ0n) is 20.9. The van der Waals surface area contributed by atoms with Crippen molar-refractivity contribution >= 4 is 33.1 Å². The van der Waals surface area contributed by atoms with Crippen molar-refractivity contribution in [1.29, 1.82) is 0 Å². The zero-order chi connectivity index (χ0) is 26.7. The second-order valence-corrected chi connectivity index (χ2v) is 11.4. The summed E-state index contributed by atoms with van der Waals surface area (Å²) < 4.78 is 28.3. The highest BCUT2D eigenvalue weighted by molar-refractivity contribution is 7.89. The molecule has 0 saturated carbocycles. The Morgan fingerprint density at radius 3 is 2.43 bits per heavy atom. The van der Waals surface area contributed by atoms with E-state index in [2.05, 4.69) is 20.4 Å². The molecule has 4 rings (SSSR count). The highest BCUT2D eigenvalue weighted by Gasteiger charge is 2.22. The van der Waals surface area contributed by atoms with Crippen LogP contribution in [0.3, 0.4) is 0 Å². The van der Waals surface area contributed by atoms with Crippen LogP contribution in [0.4, 0.5) is 5.82 Å². The van der Waals surface area contributed by atoms with Crippen LogP contribution in [0.2, 0.25) is 0 Å². The molecule has 0 radical (unpaired) electrons. The number of thiophene rings is 1. The van der Waals surface area contributed by atoms with Gasteiger partial charge in [-0.15, -0.1) is 11.3 Å². The molecule has 0 atom stereocenters. The smallest absolute Gasteiger partial charge is 0.256 e. The van der Waals surface area contributed by atoms with E-state index < -0.39 is 15.9 Å². The summed E-state index contributed by atoms with van der Waals surface area (Å²) in [5.41, 5.74) is 1.13. The summed E-state index contributed by atoms with van der Waals surface area (Å²) in [5, 5.41) is 9.33. The van der Waals surface area contributed by atoms with Gasteiger partial charge >= 0.3 is 0 Å². The summed E-state index contributed by atoms with van der Waals surface area (Å²) in [7, 11) is -3.64. The lowest BCUT2D eigenvalue weighted by Crippen LogP contribution is -2.30. The van der Waals surface area contributed by atoms with Crippen LogP contribution in [-0.2, 0) is 10.0 Å². The summed E-state index contributed by atoms with van der Waals surface area (Å²) in [4.78, 5) is 33.7. The number of H-pyrrole nitrogens is 1. The van der Waals surface area contributed by atoms with E-state index in [0.717, 1.165) is 4.88 Å². The number of nitrogens with one attached hydrogen (secondary N) is 2. The monoisotopic (exact) mass is 540 g/mol. The highest BCUT2D eigenvalue weighted by Crippen LogP contribution is 2.28. The Balaban J connectivity index is 1.69. The first-order valence-electron chi connectivity index (χ1n) is 11.8. The van der Waals surface area contributed by atoms with Gasteiger partial charge in [0, 0.05) is 30.8 Å². The molecule has 3 heterocycles. The van der Waals surface area contributed by atoms with Gasteiger partial charge in [-0.1, -0.05) is 33.8 Å². The molecule has 1 aromatic carbocycles. The minimum atomic E-state index is -3.64. The van der Waals surface area contributed by atoms with Crippen LogP contribution in [0.25, 0.3) is 16.5 Å². The van der Waals surface area contributed by atoms with Crippen molar-refractivity contribution < 1.29 is 13.2 Å². The lowest BCUT2D eigenvalue weighted by molar-refractivity contribution is 0.102. The molecule has 4 aromatic rings. The van der Waals surface area contributed by atoms with Crippen molar-refractivity contribution in [2.24, 2.45) is 0 Å². The molecular formula is C25H28N6O4S2. The van der Waals surface area contributed by atoms with Crippen molar-refractivity contribution in [3.63, 3.8) is 0 Å². The van der Waals surface area contributed by atoms with Gasteiger partial charge < -0.3 is 5.32 Å². The van der Waals surface area contributed by atoms with Gasteiger partial charge in [0.05, 0.1) is 15.5 Å². The second kappa shape index (κ2) is 10.8. The van der Waals surface area contributed by atoms with Crippen LogP contribution >= 0.6 is 11.3 Å². The summed E-state index contributed by atoms with van der Waals surface area (Å²) in [5.74, 6) is 0.0258. The average molecular weight is 541 g/mol. The van der Waals surface area contributed by atoms with Crippen LogP contribution in [0.5, 0.6) is 0 Å². The molecule has 0 aliphatic heterocycles. The van der Waals surface area contributed by atoms with Crippen LogP contribution in [0.1, 0.15) is 49.7 Å². The summed E-state index contributed by atoms with van der Waals surface area (Å²) in [6, 6.07) is 12.7. The van der Waals surface area contributed by atoms with E-state index in [1.807, 2.05) is 31.4 Å². The number of carbonyl (C=O) groups is 1. The summed E-state index contributed by atoms with van der Waals surface area (Å²) in [6.07, 6.45) is 0. The standard InChI is InChI=1S/C25H28N6O4S2/c1-5-30(6-2)37(34,35)18-11-9-17(10-12-18)24(33)27-22-14-20(21-8-7-13-36-21)29-31(22)25-26-19(16(3)4)15-23(32)28-25/h7-16H,5-6H2,1-4H3,(H,27,33)(H,26,28,32). The minimum absolute atomic E-state index is 0.0116. The SMILES string of the molecule is CCN(CC)S(=O)(=O)c1ccc(C(=O)Nc2cc(-c3cccs3)nn2-c2nc(C(C)C)cc(=O)[nH]2)cc1. The predicted octanol–water partition coefficient (Wildman–Crippen LogP) is 4.09. The molecule has 2 N–H and O–H groups in total. The number of carbonyl (C=O) groups excluding carboxylic acids is 1. The molecule has 0 spiro atoms. The molecule has 0 aliphatic rings. The lowest BCUT2D eigenvalue weighted by Gasteiger charge is -2.18. The molecule has 0 fully saturated rings. The summed E-state index contributed by atoms with van der Waals surface area (Å²) >= 11 is 1.49. The highest BCUT2D eigenvalue weighted by atomic mass is 32.2. The molecular weight excluding hydrogens is 512 g/mol. The number of nitrogens with zero attached hydrogens (tertiary/aromatic N) is 4. The number of amides is 1. The van der Waals surface area contributed by atoms with E-state index in [-0.39, 0.29) is 27.9 Å². The third-order valence-corrected chi connectivity index (χ3v) is 8.68. The number of aromatic nitrogens is 4. The Morgan fingerprint density at radius 1 is 1.14 bits per heavy atom. The number of hydrogen-bond acceptors (Lipinski definition) is 7. The number of hydrogen-bond donors (Lipinski definition) is 2. The van der Waals surface area contributed by atoms with Crippen molar-refractivity contribution in [3.05, 3.63) is 75.5 Å². The number of benzene rings is 1. The van der Waals surface area contributed by atoms with Crippen molar-refractivity contribution in [2.45, 2.75) is 38.5 Å². The average Bonchev–Trinajstić information content (AvgIpc) is 3.54. The topological polar surface area (TPSA) is 130 Å². The quantitative estimate of drug-likeness (QED) is 0.329. The Morgan fingerprint density at radius 2 is 1.84 bits per heavy atom. The van der Waals surface area contributed by atoms with Gasteiger partial charge in [0.2, 0.25) is 16.0 Å². The van der Waals surface area contributed by atoms with Crippen LogP contribution in [0.15, 0.2) is 63.6 Å². The third kappa shape index (κ3) is 5.55. The molecule has 0 aliphatic carbocycles. The van der Waals surface area contributed by atoms with E-state index >= 15 is 0 Å². The van der Waals surface area contributed by atoms with Crippen molar-refractivity contribution in [1.82, 2.24) is 24.1 Å². The number of aromatic amines is 1. The van der Waals surface area contributed by atoms with Gasteiger partial charge in [0.15, 0.2) is 0 Å². The third-order valence-electron chi connectivity index (χ3n) is 5.73. The Bertz CT molecular complexity index is 1550. The fourth-order valence-corrected chi connectivity index (χ4v) is 5.85. The lowest BCUT2D eigenvalue weighted by atomic mass is 10.1. The van der Waals surface area contributed by atoms with E-state index in [9.17, 15) is 18.0 Å². The number of sulfonamides is 1. The van der Waals surface area contributed by atoms with Gasteiger partial charge in [-0.2, -0.15) is 14.1 Å². The molecule has 194 valence electrons. The molecule has 0 bridgehead atoms. The van der Waals surface area contributed by atoms with E-state index in [1.165, 1.54) is 50.7 Å². The van der Waals surface area contributed by atoms with E-state index in [4.69, 9.17) is 0 Å². The fraction of sp³-hybridized carbons (Fsp3) is 0.280. The molecule has 0 saturated heterocycles. The molecule has 10 nitrogen and oxygen atoms in total. The second-order valence-electron chi connectivity index (χ2n) is 8.52. The van der Waals surface area contributed by atoms with E-state index in [1.54, 1.807) is 19.9 Å². The van der Waals surface area contributed by atoms with Gasteiger partial charge in [-0.3, -0.25) is 14.6 Å². The molecule has 37 heavy (non-hydrogen) atoms.